The molecule has 0 aliphatic carbocycles. The number of hydrogen-bond acceptors (Lipinski definition) is 4. The molecular weight excluding hydrogens is 304 g/mol. The monoisotopic (exact) mass is 328 g/mol. The summed E-state index contributed by atoms with van der Waals surface area (Å²) in [7, 11) is -1.31. The van der Waals surface area contributed by atoms with Crippen molar-refractivity contribution in [2.45, 2.75) is 25.2 Å². The second-order valence-electron chi connectivity index (χ2n) is 5.69. The highest BCUT2D eigenvalue weighted by molar-refractivity contribution is 7.91. The van der Waals surface area contributed by atoms with E-state index in [9.17, 15) is 8.42 Å². The van der Waals surface area contributed by atoms with E-state index in [0.29, 0.717) is 22.9 Å². The molecule has 0 aromatic heterocycles. The number of thiocarbonyl (C=S) groups is 1. The van der Waals surface area contributed by atoms with Gasteiger partial charge in [-0.1, -0.05) is 38.2 Å². The summed E-state index contributed by atoms with van der Waals surface area (Å²) >= 11 is 4.86. The Morgan fingerprint density at radius 2 is 1.81 bits per heavy atom. The van der Waals surface area contributed by atoms with Gasteiger partial charge < -0.3 is 10.6 Å². The summed E-state index contributed by atoms with van der Waals surface area (Å²) in [5.74, 6) is 0.741. The lowest BCUT2D eigenvalue weighted by molar-refractivity contribution is 0.326. The van der Waals surface area contributed by atoms with Crippen molar-refractivity contribution in [2.24, 2.45) is 11.7 Å². The highest BCUT2D eigenvalue weighted by Gasteiger charge is 2.15. The second-order valence-corrected chi connectivity index (χ2v) is 8.24. The van der Waals surface area contributed by atoms with Crippen LogP contribution in [-0.2, 0) is 9.84 Å². The molecule has 0 saturated heterocycles. The number of rotatable bonds is 8. The van der Waals surface area contributed by atoms with Gasteiger partial charge in [-0.3, -0.25) is 0 Å². The molecule has 0 heterocycles. The third-order valence-electron chi connectivity index (χ3n) is 3.33. The molecule has 0 aliphatic rings. The van der Waals surface area contributed by atoms with Crippen molar-refractivity contribution >= 4 is 27.0 Å². The van der Waals surface area contributed by atoms with Gasteiger partial charge in [0.15, 0.2) is 9.84 Å². The van der Waals surface area contributed by atoms with E-state index in [-0.39, 0.29) is 10.7 Å². The molecule has 0 amide bonds. The van der Waals surface area contributed by atoms with Crippen molar-refractivity contribution in [3.8, 4) is 0 Å². The van der Waals surface area contributed by atoms with Crippen molar-refractivity contribution in [1.82, 2.24) is 4.90 Å². The Morgan fingerprint density at radius 3 is 2.29 bits per heavy atom. The second kappa shape index (κ2) is 7.87. The summed E-state index contributed by atoms with van der Waals surface area (Å²) < 4.78 is 24.5. The van der Waals surface area contributed by atoms with Gasteiger partial charge in [0.2, 0.25) is 0 Å². The maximum absolute atomic E-state index is 12.3. The molecular formula is C15H24N2O2S2. The third-order valence-corrected chi connectivity index (χ3v) is 5.27. The largest absolute Gasteiger partial charge is 0.389 e. The van der Waals surface area contributed by atoms with Gasteiger partial charge in [-0.05, 0) is 38.1 Å². The molecule has 21 heavy (non-hydrogen) atoms. The molecule has 118 valence electrons. The molecule has 4 nitrogen and oxygen atoms in total. The number of nitrogens with zero attached hydrogens (tertiary/aromatic N) is 1. The molecule has 6 heteroatoms. The van der Waals surface area contributed by atoms with E-state index in [1.165, 1.54) is 0 Å². The molecule has 1 rings (SSSR count). The van der Waals surface area contributed by atoms with Crippen molar-refractivity contribution in [3.05, 3.63) is 29.8 Å². The Kier molecular flexibility index (Phi) is 6.77. The van der Waals surface area contributed by atoms with Gasteiger partial charge in [0.05, 0.1) is 10.6 Å². The van der Waals surface area contributed by atoms with E-state index in [1.807, 2.05) is 7.05 Å². The van der Waals surface area contributed by atoms with Crippen LogP contribution in [0.1, 0.15) is 25.8 Å². The van der Waals surface area contributed by atoms with Gasteiger partial charge in [0, 0.05) is 12.1 Å². The van der Waals surface area contributed by atoms with Crippen LogP contribution in [0, 0.1) is 5.92 Å². The first-order chi connectivity index (χ1) is 9.72. The molecule has 0 unspecified atom stereocenters. The summed E-state index contributed by atoms with van der Waals surface area (Å²) in [6.45, 7) is 5.77. The normalized spacial score (nSPS) is 12.0. The summed E-state index contributed by atoms with van der Waals surface area (Å²) in [6, 6.07) is 6.44. The average molecular weight is 329 g/mol. The van der Waals surface area contributed by atoms with E-state index >= 15 is 0 Å². The van der Waals surface area contributed by atoms with E-state index in [2.05, 4.69) is 18.7 Å². The van der Waals surface area contributed by atoms with E-state index < -0.39 is 9.84 Å². The lowest BCUT2D eigenvalue weighted by Gasteiger charge is -2.17. The zero-order valence-electron chi connectivity index (χ0n) is 12.9. The Hall–Kier alpha value is -0.980. The SMILES string of the molecule is CC(C)CCN(C)CCS(=O)(=O)c1ccc(C(N)=S)cc1. The maximum atomic E-state index is 12.3. The van der Waals surface area contributed by atoms with Crippen LogP contribution in [0.2, 0.25) is 0 Å². The highest BCUT2D eigenvalue weighted by atomic mass is 32.2. The van der Waals surface area contributed by atoms with Gasteiger partial charge in [0.1, 0.15) is 4.99 Å². The quantitative estimate of drug-likeness (QED) is 0.740. The molecule has 0 fully saturated rings. The van der Waals surface area contributed by atoms with Gasteiger partial charge in [-0.2, -0.15) is 0 Å². The first-order valence-electron chi connectivity index (χ1n) is 7.03. The van der Waals surface area contributed by atoms with Gasteiger partial charge in [0.25, 0.3) is 0 Å². The van der Waals surface area contributed by atoms with E-state index in [0.717, 1.165) is 13.0 Å². The molecule has 0 spiro atoms. The van der Waals surface area contributed by atoms with Crippen molar-refractivity contribution in [3.63, 3.8) is 0 Å². The zero-order chi connectivity index (χ0) is 16.0. The zero-order valence-corrected chi connectivity index (χ0v) is 14.5. The maximum Gasteiger partial charge on any atom is 0.179 e. The topological polar surface area (TPSA) is 63.4 Å². The fourth-order valence-corrected chi connectivity index (χ4v) is 3.29. The predicted octanol–water partition coefficient (Wildman–Crippen LogP) is 2.07. The first kappa shape index (κ1) is 18.1. The fraction of sp³-hybridized carbons (Fsp3) is 0.533. The number of hydrogen-bond donors (Lipinski definition) is 1. The minimum Gasteiger partial charge on any atom is -0.389 e. The number of sulfone groups is 1. The summed E-state index contributed by atoms with van der Waals surface area (Å²) in [5, 5.41) is 0. The van der Waals surface area contributed by atoms with Crippen LogP contribution >= 0.6 is 12.2 Å². The predicted molar refractivity (Wildman–Crippen MR) is 91.3 cm³/mol. The van der Waals surface area contributed by atoms with Crippen LogP contribution in [0.5, 0.6) is 0 Å². The molecule has 0 saturated carbocycles. The summed E-state index contributed by atoms with van der Waals surface area (Å²) in [6.07, 6.45) is 1.07. The van der Waals surface area contributed by atoms with Crippen molar-refractivity contribution < 1.29 is 8.42 Å². The smallest absolute Gasteiger partial charge is 0.179 e. The Morgan fingerprint density at radius 1 is 1.24 bits per heavy atom. The molecule has 1 aromatic rings. The van der Waals surface area contributed by atoms with Crippen LogP contribution in [0.15, 0.2) is 29.2 Å². The third kappa shape index (κ3) is 6.11. The van der Waals surface area contributed by atoms with Gasteiger partial charge in [-0.15, -0.1) is 0 Å². The molecule has 0 radical (unpaired) electrons. The number of nitrogens with two attached hydrogens (primary N) is 1. The minimum absolute atomic E-state index is 0.119. The minimum atomic E-state index is -3.26. The van der Waals surface area contributed by atoms with Crippen LogP contribution in [-0.4, -0.2) is 44.2 Å². The summed E-state index contributed by atoms with van der Waals surface area (Å²) in [4.78, 5) is 2.65. The Labute approximate surface area is 133 Å². The molecule has 0 aliphatic heterocycles. The van der Waals surface area contributed by atoms with Gasteiger partial charge >= 0.3 is 0 Å². The van der Waals surface area contributed by atoms with E-state index in [1.54, 1.807) is 24.3 Å². The Bertz CT molecular complexity index is 566. The molecule has 0 atom stereocenters. The molecule has 0 bridgehead atoms. The van der Waals surface area contributed by atoms with Crippen molar-refractivity contribution in [2.75, 3.05) is 25.9 Å². The van der Waals surface area contributed by atoms with Crippen LogP contribution in [0.4, 0.5) is 0 Å². The van der Waals surface area contributed by atoms with Gasteiger partial charge in [-0.25, -0.2) is 8.42 Å². The average Bonchev–Trinajstić information content (AvgIpc) is 2.43. The molecule has 1 aromatic carbocycles. The van der Waals surface area contributed by atoms with Crippen LogP contribution in [0.3, 0.4) is 0 Å². The highest BCUT2D eigenvalue weighted by Crippen LogP contribution is 2.13. The molecule has 2 N–H and O–H groups in total. The fourth-order valence-electron chi connectivity index (χ4n) is 1.81. The number of benzene rings is 1. The lowest BCUT2D eigenvalue weighted by atomic mass is 10.1. The van der Waals surface area contributed by atoms with Crippen LogP contribution < -0.4 is 5.73 Å². The first-order valence-corrected chi connectivity index (χ1v) is 9.09. The summed E-state index contributed by atoms with van der Waals surface area (Å²) in [5.41, 5.74) is 6.18. The standard InChI is InChI=1S/C15H24N2O2S2/c1-12(2)8-9-17(3)10-11-21(18,19)14-6-4-13(5-7-14)15(16)20/h4-7,12H,8-11H2,1-3H3,(H2,16,20). The van der Waals surface area contributed by atoms with Crippen LogP contribution in [0.25, 0.3) is 0 Å². The Balaban J connectivity index is 2.62. The van der Waals surface area contributed by atoms with Crippen molar-refractivity contribution in [1.29, 1.82) is 0 Å². The van der Waals surface area contributed by atoms with E-state index in [4.69, 9.17) is 18.0 Å². The lowest BCUT2D eigenvalue weighted by Crippen LogP contribution is -2.27.